The topological polar surface area (TPSA) is 75.8 Å². The number of aromatic nitrogens is 1. The van der Waals surface area contributed by atoms with Crippen molar-refractivity contribution in [1.82, 2.24) is 4.98 Å². The van der Waals surface area contributed by atoms with Gasteiger partial charge in [-0.05, 0) is 12.1 Å². The third-order valence-corrected chi connectivity index (χ3v) is 2.49. The Bertz CT molecular complexity index is 466. The summed E-state index contributed by atoms with van der Waals surface area (Å²) in [6.45, 7) is 0. The van der Waals surface area contributed by atoms with Gasteiger partial charge in [-0.3, -0.25) is 0 Å². The van der Waals surface area contributed by atoms with Gasteiger partial charge < -0.3 is 10.2 Å². The number of hydrogen-bond acceptors (Lipinski definition) is 5. The summed E-state index contributed by atoms with van der Waals surface area (Å²) in [5.41, 5.74) is 5.32. The molecule has 0 spiro atoms. The van der Waals surface area contributed by atoms with Crippen molar-refractivity contribution in [3.63, 3.8) is 0 Å². The van der Waals surface area contributed by atoms with E-state index in [2.05, 4.69) is 4.98 Å². The van der Waals surface area contributed by atoms with E-state index in [-0.39, 0.29) is 6.01 Å². The number of anilines is 1. The minimum Gasteiger partial charge on any atom is -0.423 e. The quantitative estimate of drug-likeness (QED) is 0.746. The fourth-order valence-electron chi connectivity index (χ4n) is 0.932. The van der Waals surface area contributed by atoms with Crippen molar-refractivity contribution in [1.29, 1.82) is 5.26 Å². The first-order valence-corrected chi connectivity index (χ1v) is 4.33. The Kier molecular flexibility index (Phi) is 1.76. The van der Waals surface area contributed by atoms with Gasteiger partial charge in [-0.1, -0.05) is 0 Å². The molecule has 0 amide bonds. The van der Waals surface area contributed by atoms with Crippen LogP contribution in [0.1, 0.15) is 4.88 Å². The van der Waals surface area contributed by atoms with Crippen LogP contribution < -0.4 is 5.73 Å². The Balaban J connectivity index is 2.42. The number of hydrogen-bond donors (Lipinski definition) is 1. The highest BCUT2D eigenvalue weighted by Crippen LogP contribution is 2.28. The maximum atomic E-state index is 8.59. The van der Waals surface area contributed by atoms with Gasteiger partial charge in [0.2, 0.25) is 0 Å². The van der Waals surface area contributed by atoms with Crippen LogP contribution in [0.5, 0.6) is 0 Å². The fourth-order valence-corrected chi connectivity index (χ4v) is 1.68. The molecule has 0 saturated carbocycles. The van der Waals surface area contributed by atoms with Crippen molar-refractivity contribution in [3.8, 4) is 16.7 Å². The predicted octanol–water partition coefficient (Wildman–Crippen LogP) is 1.86. The van der Waals surface area contributed by atoms with E-state index >= 15 is 0 Å². The minimum atomic E-state index is 0.141. The molecule has 2 rings (SSSR count). The fraction of sp³-hybridized carbons (Fsp3) is 0. The third-order valence-electron chi connectivity index (χ3n) is 1.48. The molecular formula is C8H5N3OS. The summed E-state index contributed by atoms with van der Waals surface area (Å²) in [7, 11) is 0. The third kappa shape index (κ3) is 1.39. The molecule has 2 aromatic rings. The van der Waals surface area contributed by atoms with E-state index in [4.69, 9.17) is 15.4 Å². The van der Waals surface area contributed by atoms with Crippen LogP contribution in [-0.4, -0.2) is 4.98 Å². The lowest BCUT2D eigenvalue weighted by Gasteiger charge is -1.85. The largest absolute Gasteiger partial charge is 0.423 e. The Morgan fingerprint density at radius 3 is 2.92 bits per heavy atom. The number of nitrogens with zero attached hydrogens (tertiary/aromatic N) is 2. The van der Waals surface area contributed by atoms with Crippen LogP contribution in [-0.2, 0) is 0 Å². The predicted molar refractivity (Wildman–Crippen MR) is 48.9 cm³/mol. The molecule has 2 aromatic heterocycles. The Morgan fingerprint density at radius 2 is 2.38 bits per heavy atom. The summed E-state index contributed by atoms with van der Waals surface area (Å²) in [6, 6.07) is 5.73. The number of nitrogen functional groups attached to an aromatic ring is 1. The average molecular weight is 191 g/mol. The Labute approximate surface area is 78.2 Å². The van der Waals surface area contributed by atoms with E-state index in [0.29, 0.717) is 10.6 Å². The van der Waals surface area contributed by atoms with Crippen molar-refractivity contribution >= 4 is 17.4 Å². The van der Waals surface area contributed by atoms with Gasteiger partial charge in [0.05, 0.1) is 11.1 Å². The van der Waals surface area contributed by atoms with Gasteiger partial charge in [0.25, 0.3) is 6.01 Å². The number of thiophene rings is 1. The molecule has 0 saturated heterocycles. The maximum absolute atomic E-state index is 8.59. The molecular weight excluding hydrogens is 186 g/mol. The van der Waals surface area contributed by atoms with Crippen LogP contribution in [0.4, 0.5) is 6.01 Å². The van der Waals surface area contributed by atoms with Crippen LogP contribution >= 0.6 is 11.3 Å². The minimum absolute atomic E-state index is 0.141. The molecule has 0 aliphatic rings. The second kappa shape index (κ2) is 2.92. The number of oxazole rings is 1. The Hall–Kier alpha value is -1.80. The van der Waals surface area contributed by atoms with Crippen molar-refractivity contribution < 1.29 is 4.42 Å². The molecule has 0 fully saturated rings. The zero-order valence-corrected chi connectivity index (χ0v) is 7.34. The molecule has 0 unspecified atom stereocenters. The van der Waals surface area contributed by atoms with E-state index in [9.17, 15) is 0 Å². The lowest BCUT2D eigenvalue weighted by Crippen LogP contribution is -1.79. The summed E-state index contributed by atoms with van der Waals surface area (Å²) in [4.78, 5) is 5.27. The number of rotatable bonds is 1. The van der Waals surface area contributed by atoms with Gasteiger partial charge in [-0.2, -0.15) is 5.26 Å². The molecule has 5 heteroatoms. The van der Waals surface area contributed by atoms with E-state index in [1.54, 1.807) is 12.3 Å². The van der Waals surface area contributed by atoms with E-state index < -0.39 is 0 Å². The van der Waals surface area contributed by atoms with Crippen molar-refractivity contribution in [2.75, 3.05) is 5.73 Å². The second-order valence-electron chi connectivity index (χ2n) is 2.34. The zero-order valence-electron chi connectivity index (χ0n) is 6.52. The highest BCUT2D eigenvalue weighted by molar-refractivity contribution is 7.15. The molecule has 0 radical (unpaired) electrons. The van der Waals surface area contributed by atoms with Crippen LogP contribution in [0.25, 0.3) is 10.6 Å². The lowest BCUT2D eigenvalue weighted by atomic mass is 10.4. The van der Waals surface area contributed by atoms with Crippen LogP contribution in [0, 0.1) is 11.3 Å². The smallest absolute Gasteiger partial charge is 0.292 e. The van der Waals surface area contributed by atoms with Gasteiger partial charge in [0.15, 0.2) is 5.76 Å². The van der Waals surface area contributed by atoms with E-state index in [0.717, 1.165) is 4.88 Å². The highest BCUT2D eigenvalue weighted by atomic mass is 32.1. The first kappa shape index (κ1) is 7.83. The molecule has 2 N–H and O–H groups in total. The first-order valence-electron chi connectivity index (χ1n) is 3.51. The zero-order chi connectivity index (χ0) is 9.26. The molecule has 0 aromatic carbocycles. The average Bonchev–Trinajstić information content (AvgIpc) is 2.71. The SMILES string of the molecule is N#Cc1ccc(-c2cnc(N)o2)s1. The van der Waals surface area contributed by atoms with Crippen molar-refractivity contribution in [3.05, 3.63) is 23.2 Å². The van der Waals surface area contributed by atoms with Gasteiger partial charge in [-0.25, -0.2) is 4.98 Å². The molecule has 64 valence electrons. The highest BCUT2D eigenvalue weighted by Gasteiger charge is 2.06. The molecule has 0 bridgehead atoms. The summed E-state index contributed by atoms with van der Waals surface area (Å²) in [5.74, 6) is 0.601. The van der Waals surface area contributed by atoms with Gasteiger partial charge in [-0.15, -0.1) is 11.3 Å². The number of nitriles is 1. The molecule has 0 aliphatic heterocycles. The van der Waals surface area contributed by atoms with Crippen LogP contribution in [0.3, 0.4) is 0 Å². The van der Waals surface area contributed by atoms with Gasteiger partial charge in [0, 0.05) is 0 Å². The Morgan fingerprint density at radius 1 is 1.54 bits per heavy atom. The molecule has 0 atom stereocenters. The summed E-state index contributed by atoms with van der Waals surface area (Å²) < 4.78 is 5.10. The summed E-state index contributed by atoms with van der Waals surface area (Å²) in [5, 5.41) is 8.59. The lowest BCUT2D eigenvalue weighted by molar-refractivity contribution is 0.596. The van der Waals surface area contributed by atoms with E-state index in [1.165, 1.54) is 11.3 Å². The second-order valence-corrected chi connectivity index (χ2v) is 3.42. The van der Waals surface area contributed by atoms with Crippen LogP contribution in [0.15, 0.2) is 22.7 Å². The van der Waals surface area contributed by atoms with Gasteiger partial charge in [0.1, 0.15) is 10.9 Å². The normalized spacial score (nSPS) is 9.77. The van der Waals surface area contributed by atoms with Gasteiger partial charge >= 0.3 is 0 Å². The molecule has 0 aliphatic carbocycles. The van der Waals surface area contributed by atoms with Crippen LogP contribution in [0.2, 0.25) is 0 Å². The monoisotopic (exact) mass is 191 g/mol. The standard InChI is InChI=1S/C8H5N3OS/c9-3-5-1-2-7(13-5)6-4-11-8(10)12-6/h1-2,4H,(H2,10,11). The maximum Gasteiger partial charge on any atom is 0.292 e. The first-order chi connectivity index (χ1) is 6.29. The molecule has 2 heterocycles. The van der Waals surface area contributed by atoms with Crippen molar-refractivity contribution in [2.45, 2.75) is 0 Å². The van der Waals surface area contributed by atoms with Crippen molar-refractivity contribution in [2.24, 2.45) is 0 Å². The summed E-state index contributed by atoms with van der Waals surface area (Å²) >= 11 is 1.35. The molecule has 13 heavy (non-hydrogen) atoms. The number of nitrogens with two attached hydrogens (primary N) is 1. The molecule has 4 nitrogen and oxygen atoms in total. The van der Waals surface area contributed by atoms with E-state index in [1.807, 2.05) is 12.1 Å². The summed E-state index contributed by atoms with van der Waals surface area (Å²) in [6.07, 6.45) is 1.54.